The maximum absolute atomic E-state index is 14.7. The summed E-state index contributed by atoms with van der Waals surface area (Å²) >= 11 is 2.13. The van der Waals surface area contributed by atoms with Crippen LogP contribution in [-0.4, -0.2) is 290 Å². The van der Waals surface area contributed by atoms with Crippen LogP contribution < -0.4 is 16.8 Å². The van der Waals surface area contributed by atoms with Crippen molar-refractivity contribution in [2.75, 3.05) is 145 Å². The Kier molecular flexibility index (Phi) is 45.0. The summed E-state index contributed by atoms with van der Waals surface area (Å²) in [6.45, 7) is 19.4. The number of fused-ring (bicyclic) bond motifs is 4. The molecule has 1 aliphatic carbocycles. The lowest BCUT2D eigenvalue weighted by Crippen LogP contribution is -2.61. The molecule has 2 saturated heterocycles. The number of carbonyl (C=O) groups excluding carboxylic acids is 6. The molecule has 0 spiro atoms. The molecular formula is C83H132IN11O22. The molecule has 9 unspecified atom stereocenters. The number of aryl methyl sites for hydroxylation is 2. The summed E-state index contributed by atoms with van der Waals surface area (Å²) in [5, 5.41) is 51.4. The van der Waals surface area contributed by atoms with E-state index in [1.54, 1.807) is 39.7 Å². The molecule has 34 heteroatoms. The number of halogens is 1. The topological polar surface area (TPSA) is 425 Å². The molecule has 4 aliphatic rings. The van der Waals surface area contributed by atoms with Gasteiger partial charge in [0.05, 0.1) is 148 Å². The second-order valence-electron chi connectivity index (χ2n) is 31.0. The van der Waals surface area contributed by atoms with Gasteiger partial charge in [-0.15, -0.1) is 5.10 Å². The summed E-state index contributed by atoms with van der Waals surface area (Å²) in [4.78, 5) is 93.2. The molecule has 15 atom stereocenters. The highest BCUT2D eigenvalue weighted by Gasteiger charge is 2.53. The van der Waals surface area contributed by atoms with E-state index in [-0.39, 0.29) is 67.8 Å². The van der Waals surface area contributed by atoms with Crippen LogP contribution in [-0.2, 0) is 110 Å². The van der Waals surface area contributed by atoms with Crippen LogP contribution >= 0.6 is 22.6 Å². The summed E-state index contributed by atoms with van der Waals surface area (Å²) in [6.07, 6.45) is 16.9. The number of nitrogens with zero attached hydrogens (tertiary/aromatic N) is 8. The van der Waals surface area contributed by atoms with Crippen molar-refractivity contribution in [1.29, 1.82) is 0 Å². The van der Waals surface area contributed by atoms with Crippen LogP contribution in [0.25, 0.3) is 11.0 Å². The first-order valence-corrected chi connectivity index (χ1v) is 42.9. The number of nitrogens with one attached hydrogen (secondary N) is 1. The van der Waals surface area contributed by atoms with Gasteiger partial charge in [-0.25, -0.2) is 24.1 Å². The van der Waals surface area contributed by atoms with Crippen molar-refractivity contribution in [2.45, 2.75) is 231 Å². The molecule has 3 aromatic rings. The number of anilines is 1. The molecular weight excluding hydrogens is 1630 g/mol. The third-order valence-corrected chi connectivity index (χ3v) is 22.6. The smallest absolute Gasteiger partial charge is 0.329 e. The Labute approximate surface area is 702 Å². The molecule has 7 rings (SSSR count). The van der Waals surface area contributed by atoms with Crippen LogP contribution in [0.2, 0.25) is 0 Å². The second kappa shape index (κ2) is 53.7. The fraction of sp³-hybridized carbons (Fsp3) is 0.747. The van der Waals surface area contributed by atoms with Crippen molar-refractivity contribution in [3.63, 3.8) is 0 Å². The van der Waals surface area contributed by atoms with Crippen molar-refractivity contribution in [1.82, 2.24) is 45.0 Å². The van der Waals surface area contributed by atoms with Gasteiger partial charge in [0.1, 0.15) is 46.0 Å². The standard InChI is InChI=1S/C83H132IN11O22/c1-56-18-10-9-11-19-57(2)69(105-7)52-64-24-22-61(6)83(104,117-64)77(101)81(102)94-28-15-12-21-66(94)82(103)116-70(53-67(96)58(3)49-60(5)75(99)76(100)74(98)59(4)48-56)65(85)50-62-23-25-68(71(51-62)106-8)115-31-17-13-20-63-54-93(92-90-63)30-33-108-35-37-110-39-41-112-43-45-114-47-46-113-44-42-111-40-38-109-36-34-107-32-26-72(97)87-27-14-16-29-95-80-73(78(84)91-95)79(86)88-55-89-80/h9-11,18-19,49,54-56,58-59,61-62,64-66,68-71,75-76,99-100,104H,12-17,20-48,50-53,85H2,1-8H3,(H,87,97)(H2,86,88,89)/b11-9+,18-10+,57-19+,60-49+/t56?,58?,59?,61-,62?,64+,65?,66+,68?,69?,70?,71-,75?,76+,83-/m1/s1. The number of cyclic esters (lactones) is 1. The number of amides is 2. The Morgan fingerprint density at radius 3 is 2.03 bits per heavy atom. The van der Waals surface area contributed by atoms with Gasteiger partial charge in [-0.2, -0.15) is 5.10 Å². The van der Waals surface area contributed by atoms with E-state index in [4.69, 9.17) is 73.0 Å². The van der Waals surface area contributed by atoms with Gasteiger partial charge in [-0.3, -0.25) is 24.0 Å². The average Bonchev–Trinajstić information content (AvgIpc) is 1.44. The number of nitrogens with two attached hydrogens (primary N) is 2. The number of rotatable bonds is 43. The van der Waals surface area contributed by atoms with Gasteiger partial charge in [0, 0.05) is 89.7 Å². The zero-order valence-electron chi connectivity index (χ0n) is 70.0. The molecule has 8 N–H and O–H groups in total. The van der Waals surface area contributed by atoms with Gasteiger partial charge >= 0.3 is 5.97 Å². The number of allylic oxidation sites excluding steroid dienone is 6. The zero-order valence-corrected chi connectivity index (χ0v) is 72.1. The lowest BCUT2D eigenvalue weighted by Gasteiger charge is -2.42. The third-order valence-electron chi connectivity index (χ3n) is 21.9. The Morgan fingerprint density at radius 1 is 0.718 bits per heavy atom. The summed E-state index contributed by atoms with van der Waals surface area (Å²) < 4.78 is 79.9. The Bertz CT molecular complexity index is 3600. The highest BCUT2D eigenvalue weighted by Crippen LogP contribution is 2.38. The van der Waals surface area contributed by atoms with Gasteiger partial charge in [0.15, 0.2) is 11.4 Å². The third kappa shape index (κ3) is 33.4. The van der Waals surface area contributed by atoms with Gasteiger partial charge < -0.3 is 98.6 Å². The Hall–Kier alpha value is -6.04. The van der Waals surface area contributed by atoms with E-state index in [2.05, 4.69) is 53.3 Å². The molecule has 2 bridgehead atoms. The van der Waals surface area contributed by atoms with E-state index < -0.39 is 95.4 Å². The molecule has 117 heavy (non-hydrogen) atoms. The maximum atomic E-state index is 14.7. The number of ketones is 3. The van der Waals surface area contributed by atoms with Gasteiger partial charge in [0.25, 0.3) is 11.7 Å². The first-order chi connectivity index (χ1) is 56.4. The number of hydrogen-bond acceptors (Lipinski definition) is 29. The van der Waals surface area contributed by atoms with Crippen molar-refractivity contribution in [3.05, 3.63) is 69.5 Å². The predicted molar refractivity (Wildman–Crippen MR) is 442 cm³/mol. The number of carbonyl (C=O) groups is 6. The second-order valence-corrected chi connectivity index (χ2v) is 32.0. The zero-order chi connectivity index (χ0) is 84.5. The van der Waals surface area contributed by atoms with Crippen molar-refractivity contribution in [2.24, 2.45) is 35.3 Å². The van der Waals surface area contributed by atoms with Crippen LogP contribution in [0.5, 0.6) is 0 Å². The Morgan fingerprint density at radius 2 is 1.38 bits per heavy atom. The van der Waals surface area contributed by atoms with E-state index >= 15 is 0 Å². The molecule has 3 fully saturated rings. The fourth-order valence-electron chi connectivity index (χ4n) is 14.9. The average molecular weight is 1760 g/mol. The van der Waals surface area contributed by atoms with Gasteiger partial charge in [0.2, 0.25) is 11.7 Å². The van der Waals surface area contributed by atoms with E-state index in [0.29, 0.717) is 208 Å². The van der Waals surface area contributed by atoms with Gasteiger partial charge in [-0.1, -0.05) is 69.4 Å². The quantitative estimate of drug-likeness (QED) is 0.0119. The normalized spacial score (nSPS) is 27.8. The number of esters is 1. The molecule has 0 aromatic carbocycles. The number of Topliss-reactive ketones (excluding diaryl/α,β-unsaturated/α-hetero) is 3. The van der Waals surface area contributed by atoms with E-state index in [9.17, 15) is 44.1 Å². The minimum Gasteiger partial charge on any atom is -0.459 e. The van der Waals surface area contributed by atoms with E-state index in [0.717, 1.165) is 50.9 Å². The van der Waals surface area contributed by atoms with Crippen molar-refractivity contribution >= 4 is 74.6 Å². The van der Waals surface area contributed by atoms with Crippen LogP contribution in [0.4, 0.5) is 5.82 Å². The predicted octanol–water partition coefficient (Wildman–Crippen LogP) is 6.30. The molecule has 3 aromatic heterocycles. The van der Waals surface area contributed by atoms with E-state index in [1.807, 2.05) is 55.1 Å². The fourth-order valence-corrected chi connectivity index (χ4v) is 15.6. The summed E-state index contributed by atoms with van der Waals surface area (Å²) in [5.74, 6) is -8.52. The largest absolute Gasteiger partial charge is 0.459 e. The number of aromatic nitrogens is 7. The monoisotopic (exact) mass is 1760 g/mol. The number of piperidine rings is 1. The number of aliphatic hydroxyl groups excluding tert-OH is 2. The van der Waals surface area contributed by atoms with Crippen molar-refractivity contribution < 1.29 is 106 Å². The maximum Gasteiger partial charge on any atom is 0.329 e. The highest BCUT2D eigenvalue weighted by atomic mass is 127. The van der Waals surface area contributed by atoms with Crippen molar-refractivity contribution in [3.8, 4) is 0 Å². The summed E-state index contributed by atoms with van der Waals surface area (Å²) in [7, 11) is 3.20. The lowest BCUT2D eigenvalue weighted by atomic mass is 9.80. The number of methoxy groups -OCH3 is 2. The summed E-state index contributed by atoms with van der Waals surface area (Å²) in [5.41, 5.74) is 15.7. The molecule has 0 radical (unpaired) electrons. The number of aliphatic hydroxyl groups is 3. The first-order valence-electron chi connectivity index (χ1n) is 41.8. The number of unbranched alkanes of at least 4 members (excludes halogenated alkanes) is 2. The Balaban J connectivity index is 0.728. The van der Waals surface area contributed by atoms with E-state index in [1.165, 1.54) is 19.3 Å². The highest BCUT2D eigenvalue weighted by molar-refractivity contribution is 14.1. The lowest BCUT2D eigenvalue weighted by molar-refractivity contribution is -0.265. The minimum absolute atomic E-state index is 0.0246. The molecule has 6 heterocycles. The molecule has 1 saturated carbocycles. The molecule has 2 amide bonds. The van der Waals surface area contributed by atoms with Gasteiger partial charge in [-0.05, 0) is 156 Å². The SMILES string of the molecule is COC1C[C@@H]2CC[C@@H](C)[C@@](O)(O2)C(=O)C(=O)N2CCCC[C@H]2C(=O)OC(C(N)CC2CCC(OCCCCc3cn(CCOCCOCCOCCOCCOCCOCCOCCOCCC(=O)NCCCCn4nc(I)c5c(N)ncnc54)nn3)[C@H](OC)C2)CC(=O)C(C)/C=C(\C)C(O)[C@@H](O)C(=O)C(C)CC(C)/C=C/C=C/C=C/1C. The summed E-state index contributed by atoms with van der Waals surface area (Å²) in [6, 6.07) is -2.12. The number of ether oxygens (including phenoxy) is 13. The van der Waals surface area contributed by atoms with Crippen LogP contribution in [0.3, 0.4) is 0 Å². The van der Waals surface area contributed by atoms with Crippen LogP contribution in [0.1, 0.15) is 156 Å². The van der Waals surface area contributed by atoms with Crippen LogP contribution in [0.15, 0.2) is 60.1 Å². The molecule has 3 aliphatic heterocycles. The first kappa shape index (κ1) is 98.1. The molecule has 33 nitrogen and oxygen atoms in total. The number of nitrogen functional groups attached to an aromatic ring is 1. The minimum atomic E-state index is -2.49. The number of hydrogen-bond donors (Lipinski definition) is 6. The van der Waals surface area contributed by atoms with Crippen LogP contribution in [0, 0.1) is 33.3 Å². The molecule has 658 valence electrons.